The third-order valence-electron chi connectivity index (χ3n) is 4.67. The monoisotopic (exact) mass is 487 g/mol. The molecule has 4 rings (SSSR count). The number of fused-ring (bicyclic) bond motifs is 1. The Morgan fingerprint density at radius 2 is 1.94 bits per heavy atom. The van der Waals surface area contributed by atoms with E-state index in [4.69, 9.17) is 16.3 Å². The van der Waals surface area contributed by atoms with Crippen molar-refractivity contribution in [2.24, 2.45) is 0 Å². The lowest BCUT2D eigenvalue weighted by Gasteiger charge is -2.20. The smallest absolute Gasteiger partial charge is 0.244 e. The van der Waals surface area contributed by atoms with Gasteiger partial charge < -0.3 is 4.74 Å². The summed E-state index contributed by atoms with van der Waals surface area (Å²) in [5.41, 5.74) is 1.43. The number of anilines is 1. The lowest BCUT2D eigenvalue weighted by molar-refractivity contribution is -0.116. The summed E-state index contributed by atoms with van der Waals surface area (Å²) < 4.78 is 31.7. The third kappa shape index (κ3) is 4.90. The Morgan fingerprint density at radius 1 is 1.16 bits per heavy atom. The van der Waals surface area contributed by atoms with Crippen molar-refractivity contribution in [2.45, 2.75) is 11.4 Å². The van der Waals surface area contributed by atoms with Gasteiger partial charge in [-0.2, -0.15) is 0 Å². The van der Waals surface area contributed by atoms with Crippen molar-refractivity contribution in [1.29, 1.82) is 0 Å². The molecule has 0 spiro atoms. The summed E-state index contributed by atoms with van der Waals surface area (Å²) in [6.07, 6.45) is 3.26. The highest BCUT2D eigenvalue weighted by Gasteiger charge is 2.27. The molecule has 1 amide bonds. The van der Waals surface area contributed by atoms with Crippen molar-refractivity contribution in [3.63, 3.8) is 0 Å². The summed E-state index contributed by atoms with van der Waals surface area (Å²) in [6.45, 7) is 0.137. The van der Waals surface area contributed by atoms with Crippen LogP contribution >= 0.6 is 22.9 Å². The number of carbonyl (C=O) groups is 1. The second kappa shape index (κ2) is 9.23. The van der Waals surface area contributed by atoms with Crippen LogP contribution in [0.15, 0.2) is 71.9 Å². The Balaban J connectivity index is 1.67. The number of benzene rings is 2. The first-order valence-electron chi connectivity index (χ1n) is 9.48. The van der Waals surface area contributed by atoms with E-state index in [1.165, 1.54) is 35.5 Å². The van der Waals surface area contributed by atoms with Crippen LogP contribution in [0.1, 0.15) is 5.56 Å². The maximum absolute atomic E-state index is 13.2. The maximum atomic E-state index is 13.2. The van der Waals surface area contributed by atoms with E-state index < -0.39 is 21.5 Å². The highest BCUT2D eigenvalue weighted by Crippen LogP contribution is 2.32. The molecule has 4 aromatic rings. The van der Waals surface area contributed by atoms with Crippen LogP contribution in [-0.4, -0.2) is 37.2 Å². The lowest BCUT2D eigenvalue weighted by Crippen LogP contribution is -2.35. The number of hydrogen-bond acceptors (Lipinski definition) is 7. The maximum Gasteiger partial charge on any atom is 0.244 e. The van der Waals surface area contributed by atoms with Crippen LogP contribution in [0.3, 0.4) is 0 Å². The second-order valence-corrected chi connectivity index (χ2v) is 10.3. The van der Waals surface area contributed by atoms with E-state index in [1.807, 2.05) is 6.07 Å². The molecule has 32 heavy (non-hydrogen) atoms. The number of rotatable bonds is 7. The van der Waals surface area contributed by atoms with Gasteiger partial charge in [0.05, 0.1) is 28.8 Å². The third-order valence-corrected chi connectivity index (χ3v) is 7.56. The molecule has 0 fully saturated rings. The standard InChI is InChI=1S/C22H18ClN3O4S2/c1-30-17-5-7-18(8-6-17)32(28,29)14-21(27)26(13-15-3-2-10-24-12-15)22-25-19-9-4-16(23)11-20(19)31-22/h2-12H,13-14H2,1H3. The fraction of sp³-hybridized carbons (Fsp3) is 0.136. The molecule has 0 aliphatic heterocycles. The number of thiazole rings is 1. The summed E-state index contributed by atoms with van der Waals surface area (Å²) in [4.78, 5) is 23.3. The normalized spacial score (nSPS) is 11.4. The molecule has 2 aromatic carbocycles. The molecule has 0 bridgehead atoms. The van der Waals surface area contributed by atoms with Gasteiger partial charge in [0.15, 0.2) is 15.0 Å². The van der Waals surface area contributed by atoms with Gasteiger partial charge in [-0.25, -0.2) is 13.4 Å². The number of hydrogen-bond donors (Lipinski definition) is 0. The second-order valence-electron chi connectivity index (χ2n) is 6.88. The van der Waals surface area contributed by atoms with Crippen LogP contribution in [0.25, 0.3) is 10.2 Å². The number of nitrogens with zero attached hydrogens (tertiary/aromatic N) is 3. The van der Waals surface area contributed by atoms with Gasteiger partial charge in [0.25, 0.3) is 0 Å². The predicted octanol–water partition coefficient (Wildman–Crippen LogP) is 4.36. The molecule has 0 radical (unpaired) electrons. The molecule has 0 aliphatic carbocycles. The van der Waals surface area contributed by atoms with Crippen LogP contribution in [0, 0.1) is 0 Å². The highest BCUT2D eigenvalue weighted by molar-refractivity contribution is 7.92. The van der Waals surface area contributed by atoms with Gasteiger partial charge in [-0.05, 0) is 54.1 Å². The van der Waals surface area contributed by atoms with E-state index in [2.05, 4.69) is 9.97 Å². The SMILES string of the molecule is COc1ccc(S(=O)(=O)CC(=O)N(Cc2cccnc2)c2nc3ccc(Cl)cc3s2)cc1. The van der Waals surface area contributed by atoms with Crippen LogP contribution in [-0.2, 0) is 21.2 Å². The Hall–Kier alpha value is -3.01. The summed E-state index contributed by atoms with van der Waals surface area (Å²) in [6, 6.07) is 14.7. The molecule has 164 valence electrons. The Labute approximate surface area is 194 Å². The van der Waals surface area contributed by atoms with E-state index in [1.54, 1.807) is 48.8 Å². The number of ether oxygens (including phenoxy) is 1. The molecule has 0 aliphatic rings. The Kier molecular flexibility index (Phi) is 6.40. The van der Waals surface area contributed by atoms with Crippen molar-refractivity contribution in [3.8, 4) is 5.75 Å². The molecule has 0 saturated carbocycles. The fourth-order valence-corrected chi connectivity index (χ4v) is 5.50. The number of methoxy groups -OCH3 is 1. The quantitative estimate of drug-likeness (QED) is 0.384. The van der Waals surface area contributed by atoms with Gasteiger partial charge in [0, 0.05) is 17.4 Å². The molecule has 0 atom stereocenters. The minimum atomic E-state index is -3.87. The minimum absolute atomic E-state index is 0.0454. The van der Waals surface area contributed by atoms with Crippen LogP contribution in [0.4, 0.5) is 5.13 Å². The molecule has 2 aromatic heterocycles. The van der Waals surface area contributed by atoms with Gasteiger partial charge in [0.1, 0.15) is 11.5 Å². The van der Waals surface area contributed by atoms with Crippen molar-refractivity contribution >= 4 is 54.0 Å². The van der Waals surface area contributed by atoms with Crippen molar-refractivity contribution < 1.29 is 17.9 Å². The number of halogens is 1. The minimum Gasteiger partial charge on any atom is -0.497 e. The van der Waals surface area contributed by atoms with Crippen molar-refractivity contribution in [3.05, 3.63) is 77.6 Å². The zero-order chi connectivity index (χ0) is 22.7. The van der Waals surface area contributed by atoms with Crippen LogP contribution in [0.5, 0.6) is 5.75 Å². The number of carbonyl (C=O) groups excluding carboxylic acids is 1. The van der Waals surface area contributed by atoms with E-state index in [-0.39, 0.29) is 11.4 Å². The number of amides is 1. The fourth-order valence-electron chi connectivity index (χ4n) is 3.05. The first kappa shape index (κ1) is 22.2. The summed E-state index contributed by atoms with van der Waals surface area (Å²) in [5, 5.41) is 0.945. The molecule has 0 N–H and O–H groups in total. The Bertz CT molecular complexity index is 1360. The van der Waals surface area contributed by atoms with Gasteiger partial charge >= 0.3 is 0 Å². The average molecular weight is 488 g/mol. The molecule has 7 nitrogen and oxygen atoms in total. The van der Waals surface area contributed by atoms with Gasteiger partial charge in [-0.3, -0.25) is 14.7 Å². The van der Waals surface area contributed by atoms with E-state index in [0.717, 1.165) is 10.3 Å². The van der Waals surface area contributed by atoms with Gasteiger partial charge in [0.2, 0.25) is 5.91 Å². The number of sulfone groups is 1. The largest absolute Gasteiger partial charge is 0.497 e. The average Bonchev–Trinajstić information content (AvgIpc) is 3.20. The summed E-state index contributed by atoms with van der Waals surface area (Å²) in [7, 11) is -2.38. The highest BCUT2D eigenvalue weighted by atomic mass is 35.5. The topological polar surface area (TPSA) is 89.5 Å². The van der Waals surface area contributed by atoms with Gasteiger partial charge in [-0.1, -0.05) is 29.0 Å². The molecular formula is C22H18ClN3O4S2. The van der Waals surface area contributed by atoms with Crippen molar-refractivity contribution in [2.75, 3.05) is 17.8 Å². The lowest BCUT2D eigenvalue weighted by atomic mass is 10.2. The molecule has 0 unspecified atom stereocenters. The van der Waals surface area contributed by atoms with E-state index in [0.29, 0.717) is 21.4 Å². The van der Waals surface area contributed by atoms with Crippen molar-refractivity contribution in [1.82, 2.24) is 9.97 Å². The summed E-state index contributed by atoms with van der Waals surface area (Å²) >= 11 is 7.35. The zero-order valence-electron chi connectivity index (χ0n) is 16.9. The first-order chi connectivity index (χ1) is 15.4. The van der Waals surface area contributed by atoms with Crippen LogP contribution in [0.2, 0.25) is 5.02 Å². The predicted molar refractivity (Wildman–Crippen MR) is 125 cm³/mol. The molecule has 2 heterocycles. The molecule has 0 saturated heterocycles. The number of aromatic nitrogens is 2. The molecule has 10 heteroatoms. The van der Waals surface area contributed by atoms with E-state index in [9.17, 15) is 13.2 Å². The van der Waals surface area contributed by atoms with Crippen LogP contribution < -0.4 is 9.64 Å². The van der Waals surface area contributed by atoms with Gasteiger partial charge in [-0.15, -0.1) is 0 Å². The Morgan fingerprint density at radius 3 is 2.62 bits per heavy atom. The summed E-state index contributed by atoms with van der Waals surface area (Å²) in [5.74, 6) is -0.757. The first-order valence-corrected chi connectivity index (χ1v) is 12.3. The number of pyridine rings is 1. The zero-order valence-corrected chi connectivity index (χ0v) is 19.3. The van der Waals surface area contributed by atoms with E-state index >= 15 is 0 Å². The molecular weight excluding hydrogens is 470 g/mol.